The maximum absolute atomic E-state index is 12.0. The largest absolute Gasteiger partial charge is 0.396 e. The van der Waals surface area contributed by atoms with Crippen molar-refractivity contribution in [2.45, 2.75) is 248 Å². The number of hydrogen-bond acceptors (Lipinski definition) is 34. The maximum atomic E-state index is 12.0. The summed E-state index contributed by atoms with van der Waals surface area (Å²) in [5.74, 6) is -1.21. The van der Waals surface area contributed by atoms with E-state index in [1.165, 1.54) is 0 Å². The molecule has 21 saturated heterocycles. The minimum Gasteiger partial charge on any atom is -0.396 e. The van der Waals surface area contributed by atoms with Crippen LogP contribution in [-0.4, -0.2) is 387 Å². The van der Waals surface area contributed by atoms with Crippen LogP contribution in [0.15, 0.2) is 0 Å². The van der Waals surface area contributed by atoms with Gasteiger partial charge in [0.25, 0.3) is 0 Å². The zero-order valence-electron chi connectivity index (χ0n) is 47.0. The van der Waals surface area contributed by atoms with Crippen LogP contribution in [-0.2, 0) is 61.6 Å². The minimum absolute atomic E-state index is 0.00121. The SMILES string of the molecule is CCC1OC2OC3C(CO)OC(OC4C(CO)OC(OC5C(CO)CC(OC6C(CO)OC(OC7C(CO)OC(OC8C(CN9CCN(C(C)C)CC9)OC(OC1C(O)C2O)C(O)C8O)C(O)C7O)C(O)C6O)C(O)C5O)C(O)C4O)C(O)C3O. The van der Waals surface area contributed by atoms with Crippen molar-refractivity contribution in [1.82, 2.24) is 9.80 Å². The normalized spacial score (nSPS) is 52.9. The fourth-order valence-corrected chi connectivity index (χ4v) is 12.8. The predicted octanol–water partition coefficient (Wildman–Crippen LogP) is -12.1. The molecule has 0 radical (unpaired) electrons. The standard InChI is InChI=1S/C51H88N2O32/c1-4-18-40-27(61)33(67)46(74-18)83-43-23(14-57)79-51(38(72)32(43)66)85-44-22(13-56)77-48(36(70)30(44)64)80-39-17(11-54)9-19(25(59)26(39)60)73-42-21(12-55)76-50(35(69)29(42)63)84-45-24(15-58)78-49(37(71)31(45)65)82-41-20(75-47(81-40)34(68)28(41)62)10-52-5-7-53(8-6-52)16(2)3/h16-51,54-72H,4-15H2,1-3H3. The van der Waals surface area contributed by atoms with Crippen LogP contribution in [0.4, 0.5) is 0 Å². The first-order chi connectivity index (χ1) is 40.5. The van der Waals surface area contributed by atoms with Crippen molar-refractivity contribution in [3.8, 4) is 0 Å². The summed E-state index contributed by atoms with van der Waals surface area (Å²) in [6.45, 7) is 3.16. The van der Waals surface area contributed by atoms with Gasteiger partial charge in [0.2, 0.25) is 0 Å². The molecule has 21 aliphatic heterocycles. The van der Waals surface area contributed by atoms with Gasteiger partial charge in [-0.3, -0.25) is 9.80 Å². The Morgan fingerprint density at radius 3 is 0.918 bits per heavy atom. The van der Waals surface area contributed by atoms with Crippen molar-refractivity contribution >= 4 is 0 Å². The molecule has 22 rings (SSSR count). The molecule has 494 valence electrons. The second-order valence-corrected chi connectivity index (χ2v) is 23.6. The lowest BCUT2D eigenvalue weighted by molar-refractivity contribution is -0.395. The highest BCUT2D eigenvalue weighted by atomic mass is 16.8. The van der Waals surface area contributed by atoms with Crippen molar-refractivity contribution in [3.63, 3.8) is 0 Å². The molecule has 1 saturated carbocycles. The molecule has 34 nitrogen and oxygen atoms in total. The van der Waals surface area contributed by atoms with Crippen LogP contribution in [0.5, 0.6) is 0 Å². The molecular weight excluding hydrogens is 1150 g/mol. The molecule has 0 aromatic heterocycles. The van der Waals surface area contributed by atoms with Crippen LogP contribution in [0.1, 0.15) is 33.6 Å². The molecule has 22 aliphatic rings. The van der Waals surface area contributed by atoms with Crippen LogP contribution in [0, 0.1) is 5.92 Å². The molecule has 0 aromatic rings. The van der Waals surface area contributed by atoms with Gasteiger partial charge in [-0.15, -0.1) is 0 Å². The van der Waals surface area contributed by atoms with Gasteiger partial charge in [-0.05, 0) is 26.7 Å². The van der Waals surface area contributed by atoms with Gasteiger partial charge in [-0.2, -0.15) is 0 Å². The number of aliphatic hydroxyl groups excluding tert-OH is 19. The quantitative estimate of drug-likeness (QED) is 0.102. The van der Waals surface area contributed by atoms with Crippen molar-refractivity contribution in [2.75, 3.05) is 65.8 Å². The molecule has 19 N–H and O–H groups in total. The fraction of sp³-hybridized carbons (Fsp3) is 1.00. The zero-order valence-corrected chi connectivity index (χ0v) is 47.0. The molecule has 35 unspecified atom stereocenters. The number of aliphatic hydroxyl groups is 19. The molecule has 21 heterocycles. The average molecular weight is 1240 g/mol. The van der Waals surface area contributed by atoms with E-state index in [-0.39, 0.29) is 19.0 Å². The first-order valence-electron chi connectivity index (χ1n) is 29.0. The number of rotatable bonds is 9. The zero-order chi connectivity index (χ0) is 61.6. The average Bonchev–Trinajstić information content (AvgIpc) is 3.15. The van der Waals surface area contributed by atoms with E-state index in [2.05, 4.69) is 4.90 Å². The summed E-state index contributed by atoms with van der Waals surface area (Å²) in [6, 6.07) is 0.213. The van der Waals surface area contributed by atoms with E-state index in [4.69, 9.17) is 61.6 Å². The summed E-state index contributed by atoms with van der Waals surface area (Å²) in [5, 5.41) is 215. The Morgan fingerprint density at radius 2 is 0.600 bits per heavy atom. The molecule has 14 bridgehead atoms. The van der Waals surface area contributed by atoms with Crippen molar-refractivity contribution in [2.24, 2.45) is 5.92 Å². The third-order valence-electron chi connectivity index (χ3n) is 17.9. The number of ether oxygens (including phenoxy) is 13. The second kappa shape index (κ2) is 29.1. The molecule has 0 spiro atoms. The Balaban J connectivity index is 1.01. The Hall–Kier alpha value is -1.36. The molecule has 0 aromatic carbocycles. The highest BCUT2D eigenvalue weighted by Crippen LogP contribution is 2.40. The van der Waals surface area contributed by atoms with Gasteiger partial charge in [0.15, 0.2) is 37.7 Å². The Bertz CT molecular complexity index is 2040. The van der Waals surface area contributed by atoms with E-state index in [9.17, 15) is 97.0 Å². The molecule has 85 heavy (non-hydrogen) atoms. The second-order valence-electron chi connectivity index (χ2n) is 23.6. The molecule has 22 fully saturated rings. The third kappa shape index (κ3) is 13.9. The smallest absolute Gasteiger partial charge is 0.187 e. The van der Waals surface area contributed by atoms with Crippen LogP contribution >= 0.6 is 0 Å². The van der Waals surface area contributed by atoms with Gasteiger partial charge in [-0.1, -0.05) is 6.92 Å². The Kier molecular flexibility index (Phi) is 23.3. The van der Waals surface area contributed by atoms with Crippen LogP contribution in [0.2, 0.25) is 0 Å². The van der Waals surface area contributed by atoms with Gasteiger partial charge < -0.3 is 159 Å². The van der Waals surface area contributed by atoms with Gasteiger partial charge >= 0.3 is 0 Å². The van der Waals surface area contributed by atoms with Crippen molar-refractivity contribution in [3.05, 3.63) is 0 Å². The van der Waals surface area contributed by atoms with Gasteiger partial charge in [0.05, 0.1) is 44.7 Å². The predicted molar refractivity (Wildman–Crippen MR) is 271 cm³/mol. The molecule has 34 heteroatoms. The summed E-state index contributed by atoms with van der Waals surface area (Å²) < 4.78 is 77.6. The Morgan fingerprint density at radius 1 is 0.318 bits per heavy atom. The molecule has 1 aliphatic carbocycles. The lowest BCUT2D eigenvalue weighted by Crippen LogP contribution is -2.68. The van der Waals surface area contributed by atoms with Crippen molar-refractivity contribution in [1.29, 1.82) is 0 Å². The van der Waals surface area contributed by atoms with E-state index in [0.29, 0.717) is 26.2 Å². The van der Waals surface area contributed by atoms with E-state index < -0.39 is 254 Å². The van der Waals surface area contributed by atoms with E-state index in [1.807, 2.05) is 18.7 Å². The number of nitrogens with zero attached hydrogens (tertiary/aromatic N) is 2. The van der Waals surface area contributed by atoms with Crippen LogP contribution < -0.4 is 0 Å². The van der Waals surface area contributed by atoms with Crippen LogP contribution in [0.25, 0.3) is 0 Å². The lowest BCUT2D eigenvalue weighted by Gasteiger charge is -2.50. The van der Waals surface area contributed by atoms with Gasteiger partial charge in [0, 0.05) is 51.3 Å². The minimum atomic E-state index is -2.13. The highest BCUT2D eigenvalue weighted by Gasteiger charge is 2.59. The third-order valence-corrected chi connectivity index (χ3v) is 17.9. The van der Waals surface area contributed by atoms with Crippen molar-refractivity contribution < 1.29 is 159 Å². The molecule has 0 amide bonds. The summed E-state index contributed by atoms with van der Waals surface area (Å²) in [5.41, 5.74) is 0. The summed E-state index contributed by atoms with van der Waals surface area (Å²) in [6.07, 6.45) is -63.3. The molecule has 35 atom stereocenters. The summed E-state index contributed by atoms with van der Waals surface area (Å²) in [7, 11) is 0. The lowest BCUT2D eigenvalue weighted by atomic mass is 9.80. The first kappa shape index (κ1) is 68.0. The monoisotopic (exact) mass is 1240 g/mol. The van der Waals surface area contributed by atoms with Gasteiger partial charge in [0.1, 0.15) is 153 Å². The summed E-state index contributed by atoms with van der Waals surface area (Å²) in [4.78, 5) is 4.19. The van der Waals surface area contributed by atoms with E-state index >= 15 is 0 Å². The Labute approximate surface area is 487 Å². The fourth-order valence-electron chi connectivity index (χ4n) is 12.8. The topological polar surface area (TPSA) is 511 Å². The maximum Gasteiger partial charge on any atom is 0.187 e. The number of hydrogen-bond donors (Lipinski definition) is 19. The molecular formula is C51H88N2O32. The first-order valence-corrected chi connectivity index (χ1v) is 29.0. The van der Waals surface area contributed by atoms with E-state index in [1.54, 1.807) is 6.92 Å². The van der Waals surface area contributed by atoms with E-state index in [0.717, 1.165) is 0 Å². The van der Waals surface area contributed by atoms with Crippen LogP contribution in [0.3, 0.4) is 0 Å². The number of piperazine rings is 1. The summed E-state index contributed by atoms with van der Waals surface area (Å²) >= 11 is 0. The van der Waals surface area contributed by atoms with Gasteiger partial charge in [-0.25, -0.2) is 0 Å². The highest BCUT2D eigenvalue weighted by molar-refractivity contribution is 5.03.